The number of pyridine rings is 1. The highest BCUT2D eigenvalue weighted by Gasteiger charge is 2.16. The second-order valence-electron chi connectivity index (χ2n) is 2.62. The van der Waals surface area contributed by atoms with Gasteiger partial charge in [0.2, 0.25) is 5.89 Å². The van der Waals surface area contributed by atoms with Gasteiger partial charge in [-0.3, -0.25) is 0 Å². The molecule has 0 N–H and O–H groups in total. The summed E-state index contributed by atoms with van der Waals surface area (Å²) in [6, 6.07) is 3.29. The van der Waals surface area contributed by atoms with Crippen LogP contribution in [-0.2, 0) is 0 Å². The summed E-state index contributed by atoms with van der Waals surface area (Å²) in [5.74, 6) is -0.654. The molecule has 15 heavy (non-hydrogen) atoms. The molecule has 0 aliphatic rings. The lowest BCUT2D eigenvalue weighted by molar-refractivity contribution is 0.116. The Kier molecular flexibility index (Phi) is 2.72. The lowest BCUT2D eigenvalue weighted by atomic mass is 10.3. The molecule has 2 heterocycles. The fourth-order valence-electron chi connectivity index (χ4n) is 0.942. The van der Waals surface area contributed by atoms with Crippen molar-refractivity contribution in [3.63, 3.8) is 0 Å². The maximum Gasteiger partial charge on any atom is 0.314 e. The third kappa shape index (κ3) is 2.17. The fraction of sp³-hybridized carbons (Fsp3) is 0.125. The zero-order valence-corrected chi connectivity index (χ0v) is 8.78. The Morgan fingerprint density at radius 2 is 2.07 bits per heavy atom. The Morgan fingerprint density at radius 1 is 1.27 bits per heavy atom. The van der Waals surface area contributed by atoms with Crippen LogP contribution >= 0.6 is 15.9 Å². The summed E-state index contributed by atoms with van der Waals surface area (Å²) in [6.45, 7) is 0. The van der Waals surface area contributed by atoms with E-state index < -0.39 is 12.3 Å². The van der Waals surface area contributed by atoms with Crippen molar-refractivity contribution >= 4 is 15.9 Å². The molecule has 2 rings (SSSR count). The van der Waals surface area contributed by atoms with E-state index >= 15 is 0 Å². The van der Waals surface area contributed by atoms with E-state index in [0.29, 0.717) is 10.2 Å². The number of aromatic nitrogens is 3. The molecule has 0 aliphatic carbocycles. The van der Waals surface area contributed by atoms with Gasteiger partial charge in [-0.05, 0) is 28.1 Å². The minimum atomic E-state index is -2.75. The van der Waals surface area contributed by atoms with Crippen LogP contribution in [0.25, 0.3) is 11.5 Å². The van der Waals surface area contributed by atoms with Crippen molar-refractivity contribution in [2.45, 2.75) is 6.43 Å². The predicted molar refractivity (Wildman–Crippen MR) is 50.2 cm³/mol. The highest BCUT2D eigenvalue weighted by atomic mass is 79.9. The average molecular weight is 276 g/mol. The van der Waals surface area contributed by atoms with E-state index in [1.165, 1.54) is 6.20 Å². The van der Waals surface area contributed by atoms with Crippen molar-refractivity contribution in [2.24, 2.45) is 0 Å². The molecular weight excluding hydrogens is 272 g/mol. The summed E-state index contributed by atoms with van der Waals surface area (Å²) in [7, 11) is 0. The Labute approximate surface area is 91.5 Å². The largest absolute Gasteiger partial charge is 0.415 e. The maximum absolute atomic E-state index is 12.1. The summed E-state index contributed by atoms with van der Waals surface area (Å²) in [5, 5.41) is 6.69. The van der Waals surface area contributed by atoms with Crippen LogP contribution in [-0.4, -0.2) is 15.2 Å². The van der Waals surface area contributed by atoms with Crippen LogP contribution < -0.4 is 0 Å². The molecule has 0 radical (unpaired) electrons. The van der Waals surface area contributed by atoms with Gasteiger partial charge in [0.25, 0.3) is 5.89 Å². The number of hydrogen-bond acceptors (Lipinski definition) is 4. The van der Waals surface area contributed by atoms with Crippen molar-refractivity contribution < 1.29 is 13.2 Å². The number of alkyl halides is 2. The van der Waals surface area contributed by atoms with Crippen LogP contribution in [0.2, 0.25) is 0 Å². The number of nitrogens with zero attached hydrogens (tertiary/aromatic N) is 3. The van der Waals surface area contributed by atoms with Gasteiger partial charge in [-0.1, -0.05) is 0 Å². The Balaban J connectivity index is 2.33. The summed E-state index contributed by atoms with van der Waals surface area (Å²) >= 11 is 3.15. The topological polar surface area (TPSA) is 51.8 Å². The van der Waals surface area contributed by atoms with E-state index in [4.69, 9.17) is 4.42 Å². The molecule has 7 heteroatoms. The van der Waals surface area contributed by atoms with E-state index in [1.807, 2.05) is 0 Å². The molecular formula is C8H4BrF2N3O. The van der Waals surface area contributed by atoms with E-state index in [1.54, 1.807) is 12.1 Å². The van der Waals surface area contributed by atoms with Gasteiger partial charge < -0.3 is 4.42 Å². The molecule has 0 unspecified atom stereocenters. The summed E-state index contributed by atoms with van der Waals surface area (Å²) < 4.78 is 29.7. The molecule has 0 aliphatic heterocycles. The van der Waals surface area contributed by atoms with Crippen LogP contribution in [0, 0.1) is 0 Å². The second kappa shape index (κ2) is 4.01. The third-order valence-corrected chi connectivity index (χ3v) is 2.07. The highest BCUT2D eigenvalue weighted by molar-refractivity contribution is 9.10. The SMILES string of the molecule is FC(F)c1nnc(-c2ccc(Br)nc2)o1. The predicted octanol–water partition coefficient (Wildman–Crippen LogP) is 2.83. The quantitative estimate of drug-likeness (QED) is 0.791. The molecule has 78 valence electrons. The molecule has 4 nitrogen and oxygen atoms in total. The van der Waals surface area contributed by atoms with Crippen LogP contribution in [0.5, 0.6) is 0 Å². The second-order valence-corrected chi connectivity index (χ2v) is 3.43. The highest BCUT2D eigenvalue weighted by Crippen LogP contribution is 2.23. The van der Waals surface area contributed by atoms with Gasteiger partial charge >= 0.3 is 6.43 Å². The van der Waals surface area contributed by atoms with E-state index in [-0.39, 0.29) is 5.89 Å². The number of rotatable bonds is 2. The molecule has 0 spiro atoms. The standard InChI is InChI=1S/C8H4BrF2N3O/c9-5-2-1-4(3-12-5)7-13-14-8(15-7)6(10)11/h1-3,6H. The Hall–Kier alpha value is -1.37. The molecule has 0 saturated heterocycles. The van der Waals surface area contributed by atoms with Gasteiger partial charge in [-0.2, -0.15) is 8.78 Å². The first kappa shape index (κ1) is 10.2. The van der Waals surface area contributed by atoms with E-state index in [0.717, 1.165) is 0 Å². The fourth-order valence-corrected chi connectivity index (χ4v) is 1.18. The van der Waals surface area contributed by atoms with Crippen LogP contribution in [0.15, 0.2) is 27.3 Å². The normalized spacial score (nSPS) is 10.9. The van der Waals surface area contributed by atoms with Gasteiger partial charge in [-0.25, -0.2) is 4.98 Å². The molecule has 0 bridgehead atoms. The van der Waals surface area contributed by atoms with E-state index in [9.17, 15) is 8.78 Å². The maximum atomic E-state index is 12.1. The van der Waals surface area contributed by atoms with Gasteiger partial charge in [0, 0.05) is 6.20 Å². The Morgan fingerprint density at radius 3 is 2.60 bits per heavy atom. The van der Waals surface area contributed by atoms with Gasteiger partial charge in [0.1, 0.15) is 4.60 Å². The first-order valence-electron chi connectivity index (χ1n) is 3.90. The third-order valence-electron chi connectivity index (χ3n) is 1.60. The average Bonchev–Trinajstić information content (AvgIpc) is 2.68. The lowest BCUT2D eigenvalue weighted by Gasteiger charge is -1.93. The smallest absolute Gasteiger partial charge is 0.314 e. The first-order valence-corrected chi connectivity index (χ1v) is 4.69. The van der Waals surface area contributed by atoms with Crippen molar-refractivity contribution in [1.29, 1.82) is 0 Å². The van der Waals surface area contributed by atoms with Crippen molar-refractivity contribution in [3.8, 4) is 11.5 Å². The van der Waals surface area contributed by atoms with Gasteiger partial charge in [0.15, 0.2) is 0 Å². The van der Waals surface area contributed by atoms with Crippen LogP contribution in [0.1, 0.15) is 12.3 Å². The number of halogens is 3. The minimum absolute atomic E-state index is 0.0327. The summed E-state index contributed by atoms with van der Waals surface area (Å²) in [6.07, 6.45) is -1.30. The minimum Gasteiger partial charge on any atom is -0.415 e. The van der Waals surface area contributed by atoms with Crippen molar-refractivity contribution in [2.75, 3.05) is 0 Å². The van der Waals surface area contributed by atoms with Gasteiger partial charge in [-0.15, -0.1) is 10.2 Å². The lowest BCUT2D eigenvalue weighted by Crippen LogP contribution is -1.81. The van der Waals surface area contributed by atoms with Crippen LogP contribution in [0.3, 0.4) is 0 Å². The zero-order chi connectivity index (χ0) is 10.8. The van der Waals surface area contributed by atoms with Crippen LogP contribution in [0.4, 0.5) is 8.78 Å². The molecule has 0 aromatic carbocycles. The zero-order valence-electron chi connectivity index (χ0n) is 7.19. The van der Waals surface area contributed by atoms with E-state index in [2.05, 4.69) is 31.1 Å². The van der Waals surface area contributed by atoms with Crippen molar-refractivity contribution in [1.82, 2.24) is 15.2 Å². The number of hydrogen-bond donors (Lipinski definition) is 0. The monoisotopic (exact) mass is 275 g/mol. The molecule has 0 fully saturated rings. The molecule has 2 aromatic heterocycles. The molecule has 2 aromatic rings. The summed E-state index contributed by atoms with van der Waals surface area (Å²) in [5.41, 5.74) is 0.498. The molecule has 0 atom stereocenters. The Bertz CT molecular complexity index is 457. The first-order chi connectivity index (χ1) is 7.16. The molecule has 0 amide bonds. The molecule has 0 saturated carbocycles. The van der Waals surface area contributed by atoms with Gasteiger partial charge in [0.05, 0.1) is 5.56 Å². The van der Waals surface area contributed by atoms with Crippen molar-refractivity contribution in [3.05, 3.63) is 28.8 Å². The summed E-state index contributed by atoms with van der Waals surface area (Å²) in [4.78, 5) is 3.91.